The van der Waals surface area contributed by atoms with Gasteiger partial charge in [0.2, 0.25) is 0 Å². The van der Waals surface area contributed by atoms with E-state index in [1.165, 1.54) is 45.1 Å². The number of allylic oxidation sites excluding steroid dienone is 1. The summed E-state index contributed by atoms with van der Waals surface area (Å²) in [6.45, 7) is 4.46. The molecule has 0 aromatic carbocycles. The lowest BCUT2D eigenvalue weighted by Crippen LogP contribution is -2.33. The third kappa shape index (κ3) is 5.13. The zero-order valence-electron chi connectivity index (χ0n) is 11.3. The van der Waals surface area contributed by atoms with Gasteiger partial charge in [-0.2, -0.15) is 0 Å². The Balaban J connectivity index is 2.49. The second-order valence-electron chi connectivity index (χ2n) is 5.08. The van der Waals surface area contributed by atoms with E-state index in [4.69, 9.17) is 0 Å². The Hall–Kier alpha value is -0.340. The molecule has 1 aliphatic rings. The minimum atomic E-state index is 0.616. The van der Waals surface area contributed by atoms with Crippen molar-refractivity contribution in [1.82, 2.24) is 10.2 Å². The molecule has 0 aliphatic heterocycles. The van der Waals surface area contributed by atoms with Gasteiger partial charge in [0.25, 0.3) is 0 Å². The quantitative estimate of drug-likeness (QED) is 0.698. The van der Waals surface area contributed by atoms with Crippen molar-refractivity contribution in [2.24, 2.45) is 0 Å². The molecule has 0 spiro atoms. The SMILES string of the molecule is CCNC(CCN(C)C)C1=CCCCCC1. The predicted molar refractivity (Wildman–Crippen MR) is 71.8 cm³/mol. The molecule has 1 atom stereocenters. The molecule has 0 saturated heterocycles. The maximum atomic E-state index is 3.64. The Labute approximate surface area is 101 Å². The molecular weight excluding hydrogens is 196 g/mol. The van der Waals surface area contributed by atoms with Crippen LogP contribution in [0.4, 0.5) is 0 Å². The molecule has 0 amide bonds. The van der Waals surface area contributed by atoms with Crippen molar-refractivity contribution < 1.29 is 0 Å². The second-order valence-corrected chi connectivity index (χ2v) is 5.08. The number of likely N-dealkylation sites (N-methyl/N-ethyl adjacent to an activating group) is 1. The van der Waals surface area contributed by atoms with Gasteiger partial charge in [-0.1, -0.05) is 25.0 Å². The zero-order chi connectivity index (χ0) is 11.8. The second kappa shape index (κ2) is 7.86. The standard InChI is InChI=1S/C14H28N2/c1-4-15-14(11-12-16(2)3)13-9-7-5-6-8-10-13/h9,14-15H,4-8,10-12H2,1-3H3. The van der Waals surface area contributed by atoms with Crippen molar-refractivity contribution in [3.05, 3.63) is 11.6 Å². The summed E-state index contributed by atoms with van der Waals surface area (Å²) in [4.78, 5) is 2.28. The van der Waals surface area contributed by atoms with Crippen molar-refractivity contribution in [3.8, 4) is 0 Å². The molecule has 1 unspecified atom stereocenters. The average molecular weight is 224 g/mol. The largest absolute Gasteiger partial charge is 0.310 e. The van der Waals surface area contributed by atoms with Crippen LogP contribution in [-0.2, 0) is 0 Å². The van der Waals surface area contributed by atoms with E-state index in [0.29, 0.717) is 6.04 Å². The fourth-order valence-corrected chi connectivity index (χ4v) is 2.41. The van der Waals surface area contributed by atoms with Crippen molar-refractivity contribution >= 4 is 0 Å². The molecule has 0 fully saturated rings. The summed E-state index contributed by atoms with van der Waals surface area (Å²) in [6.07, 6.45) is 10.5. The molecule has 2 heteroatoms. The van der Waals surface area contributed by atoms with E-state index < -0.39 is 0 Å². The van der Waals surface area contributed by atoms with Gasteiger partial charge in [0.05, 0.1) is 0 Å². The van der Waals surface area contributed by atoms with E-state index >= 15 is 0 Å². The minimum absolute atomic E-state index is 0.616. The van der Waals surface area contributed by atoms with E-state index in [-0.39, 0.29) is 0 Å². The fraction of sp³-hybridized carbons (Fsp3) is 0.857. The van der Waals surface area contributed by atoms with Crippen molar-refractivity contribution in [3.63, 3.8) is 0 Å². The lowest BCUT2D eigenvalue weighted by atomic mass is 9.99. The molecule has 16 heavy (non-hydrogen) atoms. The van der Waals surface area contributed by atoms with E-state index in [1.807, 2.05) is 0 Å². The Kier molecular flexibility index (Phi) is 6.74. The van der Waals surface area contributed by atoms with Gasteiger partial charge >= 0.3 is 0 Å². The van der Waals surface area contributed by atoms with E-state index in [0.717, 1.165) is 6.54 Å². The summed E-state index contributed by atoms with van der Waals surface area (Å²) in [6, 6.07) is 0.616. The van der Waals surface area contributed by atoms with Gasteiger partial charge in [0.1, 0.15) is 0 Å². The van der Waals surface area contributed by atoms with Crippen molar-refractivity contribution in [2.75, 3.05) is 27.2 Å². The summed E-state index contributed by atoms with van der Waals surface area (Å²) >= 11 is 0. The van der Waals surface area contributed by atoms with Crippen LogP contribution >= 0.6 is 0 Å². The Morgan fingerprint density at radius 3 is 2.81 bits per heavy atom. The number of hydrogen-bond acceptors (Lipinski definition) is 2. The highest BCUT2D eigenvalue weighted by Crippen LogP contribution is 2.21. The maximum Gasteiger partial charge on any atom is 0.0291 e. The first kappa shape index (κ1) is 13.7. The fourth-order valence-electron chi connectivity index (χ4n) is 2.41. The van der Waals surface area contributed by atoms with Crippen LogP contribution in [-0.4, -0.2) is 38.1 Å². The molecule has 1 N–H and O–H groups in total. The third-order valence-electron chi connectivity index (χ3n) is 3.34. The van der Waals surface area contributed by atoms with Crippen LogP contribution in [0, 0.1) is 0 Å². The number of rotatable bonds is 6. The molecular formula is C14H28N2. The Morgan fingerprint density at radius 2 is 2.12 bits per heavy atom. The van der Waals surface area contributed by atoms with E-state index in [2.05, 4.69) is 37.3 Å². The highest BCUT2D eigenvalue weighted by atomic mass is 15.1. The first-order valence-electron chi connectivity index (χ1n) is 6.81. The van der Waals surface area contributed by atoms with Crippen LogP contribution in [0.5, 0.6) is 0 Å². The van der Waals surface area contributed by atoms with Gasteiger partial charge in [-0.25, -0.2) is 0 Å². The normalized spacial score (nSPS) is 19.4. The number of hydrogen-bond donors (Lipinski definition) is 1. The molecule has 2 nitrogen and oxygen atoms in total. The van der Waals surface area contributed by atoms with Crippen molar-refractivity contribution in [1.29, 1.82) is 0 Å². The summed E-state index contributed by atoms with van der Waals surface area (Å²) in [7, 11) is 4.31. The summed E-state index contributed by atoms with van der Waals surface area (Å²) in [5.74, 6) is 0. The van der Waals surface area contributed by atoms with Crippen LogP contribution in [0.15, 0.2) is 11.6 Å². The Morgan fingerprint density at radius 1 is 1.31 bits per heavy atom. The first-order valence-corrected chi connectivity index (χ1v) is 6.81. The predicted octanol–water partition coefficient (Wildman–Crippen LogP) is 2.81. The average Bonchev–Trinajstić information content (AvgIpc) is 2.52. The molecule has 1 aliphatic carbocycles. The van der Waals surface area contributed by atoms with Crippen LogP contribution in [0.1, 0.15) is 45.4 Å². The smallest absolute Gasteiger partial charge is 0.0291 e. The van der Waals surface area contributed by atoms with E-state index in [9.17, 15) is 0 Å². The van der Waals surface area contributed by atoms with Gasteiger partial charge in [-0.3, -0.25) is 0 Å². The molecule has 0 saturated carbocycles. The lowest BCUT2D eigenvalue weighted by molar-refractivity contribution is 0.371. The van der Waals surface area contributed by atoms with Gasteiger partial charge in [0, 0.05) is 6.04 Å². The van der Waals surface area contributed by atoms with Gasteiger partial charge in [-0.05, 0) is 59.3 Å². The topological polar surface area (TPSA) is 15.3 Å². The molecule has 0 aromatic heterocycles. The maximum absolute atomic E-state index is 3.64. The minimum Gasteiger partial charge on any atom is -0.310 e. The molecule has 0 bridgehead atoms. The molecule has 0 radical (unpaired) electrons. The number of nitrogens with zero attached hydrogens (tertiary/aromatic N) is 1. The molecule has 1 rings (SSSR count). The molecule has 0 heterocycles. The van der Waals surface area contributed by atoms with Crippen LogP contribution < -0.4 is 5.32 Å². The van der Waals surface area contributed by atoms with Crippen molar-refractivity contribution in [2.45, 2.75) is 51.5 Å². The number of nitrogens with one attached hydrogen (secondary N) is 1. The summed E-state index contributed by atoms with van der Waals surface area (Å²) in [5.41, 5.74) is 1.67. The van der Waals surface area contributed by atoms with E-state index in [1.54, 1.807) is 5.57 Å². The van der Waals surface area contributed by atoms with Crippen LogP contribution in [0.25, 0.3) is 0 Å². The first-order chi connectivity index (χ1) is 7.74. The molecule has 94 valence electrons. The third-order valence-corrected chi connectivity index (χ3v) is 3.34. The highest BCUT2D eigenvalue weighted by Gasteiger charge is 2.14. The Bertz CT molecular complexity index is 209. The lowest BCUT2D eigenvalue weighted by Gasteiger charge is -2.23. The van der Waals surface area contributed by atoms with Crippen LogP contribution in [0.2, 0.25) is 0 Å². The molecule has 0 aromatic rings. The zero-order valence-corrected chi connectivity index (χ0v) is 11.3. The monoisotopic (exact) mass is 224 g/mol. The van der Waals surface area contributed by atoms with Gasteiger partial charge < -0.3 is 10.2 Å². The van der Waals surface area contributed by atoms with Gasteiger partial charge in [-0.15, -0.1) is 0 Å². The van der Waals surface area contributed by atoms with Crippen LogP contribution in [0.3, 0.4) is 0 Å². The summed E-state index contributed by atoms with van der Waals surface area (Å²) < 4.78 is 0. The van der Waals surface area contributed by atoms with Gasteiger partial charge in [0.15, 0.2) is 0 Å². The highest BCUT2D eigenvalue weighted by molar-refractivity contribution is 5.12. The summed E-state index contributed by atoms with van der Waals surface area (Å²) in [5, 5.41) is 3.64.